The van der Waals surface area contributed by atoms with Crippen molar-refractivity contribution in [3.63, 3.8) is 0 Å². The summed E-state index contributed by atoms with van der Waals surface area (Å²) in [5.41, 5.74) is 0.112. The standard InChI is InChI=1S/C11H19NO/c1-7-5-6-11(3,4)12-9(7)8(2)10(12)13/h7-9H,5-6H2,1-4H3. The lowest BCUT2D eigenvalue weighted by Gasteiger charge is -2.60. The highest BCUT2D eigenvalue weighted by Crippen LogP contribution is 2.45. The summed E-state index contributed by atoms with van der Waals surface area (Å²) >= 11 is 0. The number of carbonyl (C=O) groups excluding carboxylic acids is 1. The molecule has 2 heterocycles. The molecule has 3 atom stereocenters. The lowest BCUT2D eigenvalue weighted by molar-refractivity contribution is -0.177. The third kappa shape index (κ3) is 1.04. The number of β-lactam (4-membered cyclic amide) rings is 1. The van der Waals surface area contributed by atoms with Crippen LogP contribution in [0.3, 0.4) is 0 Å². The van der Waals surface area contributed by atoms with E-state index >= 15 is 0 Å². The van der Waals surface area contributed by atoms with Gasteiger partial charge in [-0.3, -0.25) is 4.79 Å². The van der Waals surface area contributed by atoms with Crippen molar-refractivity contribution in [2.75, 3.05) is 0 Å². The molecule has 0 aromatic rings. The Labute approximate surface area is 80.3 Å². The summed E-state index contributed by atoms with van der Waals surface area (Å²) in [6.45, 7) is 8.72. The second kappa shape index (κ2) is 2.49. The lowest BCUT2D eigenvalue weighted by atomic mass is 9.69. The molecule has 13 heavy (non-hydrogen) atoms. The van der Waals surface area contributed by atoms with Crippen molar-refractivity contribution < 1.29 is 4.79 Å². The van der Waals surface area contributed by atoms with Crippen LogP contribution >= 0.6 is 0 Å². The average molecular weight is 181 g/mol. The van der Waals surface area contributed by atoms with Gasteiger partial charge in [0.2, 0.25) is 5.91 Å². The number of piperidine rings is 1. The molecule has 2 aliphatic heterocycles. The van der Waals surface area contributed by atoms with Gasteiger partial charge < -0.3 is 4.90 Å². The summed E-state index contributed by atoms with van der Waals surface area (Å²) in [5, 5.41) is 0. The minimum absolute atomic E-state index is 0.112. The fourth-order valence-corrected chi connectivity index (χ4v) is 2.98. The highest BCUT2D eigenvalue weighted by molar-refractivity contribution is 5.86. The van der Waals surface area contributed by atoms with Crippen LogP contribution in [0.25, 0.3) is 0 Å². The largest absolute Gasteiger partial charge is 0.333 e. The maximum Gasteiger partial charge on any atom is 0.228 e. The monoisotopic (exact) mass is 181 g/mol. The van der Waals surface area contributed by atoms with E-state index in [1.807, 2.05) is 0 Å². The van der Waals surface area contributed by atoms with E-state index in [-0.39, 0.29) is 11.5 Å². The van der Waals surface area contributed by atoms with Crippen molar-refractivity contribution >= 4 is 5.91 Å². The van der Waals surface area contributed by atoms with E-state index in [9.17, 15) is 4.79 Å². The predicted molar refractivity (Wildman–Crippen MR) is 52.3 cm³/mol. The molecule has 0 spiro atoms. The Kier molecular flexibility index (Phi) is 1.73. The van der Waals surface area contributed by atoms with Crippen LogP contribution in [0.2, 0.25) is 0 Å². The molecule has 2 saturated heterocycles. The Morgan fingerprint density at radius 1 is 1.38 bits per heavy atom. The molecule has 3 unspecified atom stereocenters. The normalized spacial score (nSPS) is 42.6. The van der Waals surface area contributed by atoms with Crippen LogP contribution in [0, 0.1) is 11.8 Å². The minimum atomic E-state index is 0.112. The zero-order chi connectivity index (χ0) is 9.80. The van der Waals surface area contributed by atoms with Crippen LogP contribution in [0.4, 0.5) is 0 Å². The summed E-state index contributed by atoms with van der Waals surface area (Å²) in [4.78, 5) is 13.8. The molecule has 2 nitrogen and oxygen atoms in total. The second-order valence-electron chi connectivity index (χ2n) is 5.32. The molecule has 2 heteroatoms. The van der Waals surface area contributed by atoms with E-state index in [0.29, 0.717) is 17.9 Å². The van der Waals surface area contributed by atoms with E-state index in [4.69, 9.17) is 0 Å². The smallest absolute Gasteiger partial charge is 0.228 e. The van der Waals surface area contributed by atoms with E-state index in [2.05, 4.69) is 32.6 Å². The first kappa shape index (κ1) is 9.04. The first-order chi connectivity index (χ1) is 5.95. The molecule has 2 aliphatic rings. The molecule has 2 rings (SSSR count). The van der Waals surface area contributed by atoms with E-state index < -0.39 is 0 Å². The van der Waals surface area contributed by atoms with Gasteiger partial charge in [-0.2, -0.15) is 0 Å². The van der Waals surface area contributed by atoms with Crippen molar-refractivity contribution in [1.82, 2.24) is 4.90 Å². The molecule has 0 radical (unpaired) electrons. The first-order valence-corrected chi connectivity index (χ1v) is 5.28. The topological polar surface area (TPSA) is 20.3 Å². The fourth-order valence-electron chi connectivity index (χ4n) is 2.98. The molecule has 74 valence electrons. The molecule has 0 aromatic carbocycles. The van der Waals surface area contributed by atoms with Crippen LogP contribution in [0.5, 0.6) is 0 Å². The molecular formula is C11H19NO. The van der Waals surface area contributed by atoms with Gasteiger partial charge in [0.25, 0.3) is 0 Å². The third-order valence-corrected chi connectivity index (χ3v) is 3.88. The lowest BCUT2D eigenvalue weighted by Crippen LogP contribution is -2.71. The number of fused-ring (bicyclic) bond motifs is 1. The van der Waals surface area contributed by atoms with E-state index in [0.717, 1.165) is 6.42 Å². The molecule has 0 aliphatic carbocycles. The van der Waals surface area contributed by atoms with Crippen molar-refractivity contribution in [3.05, 3.63) is 0 Å². The summed E-state index contributed by atoms with van der Waals surface area (Å²) in [6.07, 6.45) is 2.43. The van der Waals surface area contributed by atoms with Gasteiger partial charge >= 0.3 is 0 Å². The van der Waals surface area contributed by atoms with Gasteiger partial charge in [0.1, 0.15) is 0 Å². The third-order valence-electron chi connectivity index (χ3n) is 3.88. The predicted octanol–water partition coefficient (Wildman–Crippen LogP) is 2.04. The molecule has 0 saturated carbocycles. The quantitative estimate of drug-likeness (QED) is 0.524. The molecule has 0 bridgehead atoms. The molecule has 0 N–H and O–H groups in total. The van der Waals surface area contributed by atoms with Crippen molar-refractivity contribution in [1.29, 1.82) is 0 Å². The number of rotatable bonds is 0. The Morgan fingerprint density at radius 2 is 2.00 bits per heavy atom. The minimum Gasteiger partial charge on any atom is -0.333 e. The summed E-state index contributed by atoms with van der Waals surface area (Å²) in [7, 11) is 0. The van der Waals surface area contributed by atoms with Gasteiger partial charge in [-0.05, 0) is 32.6 Å². The van der Waals surface area contributed by atoms with Gasteiger partial charge in [0, 0.05) is 11.6 Å². The van der Waals surface area contributed by atoms with E-state index in [1.165, 1.54) is 6.42 Å². The van der Waals surface area contributed by atoms with Gasteiger partial charge in [0.05, 0.1) is 5.92 Å². The number of carbonyl (C=O) groups is 1. The van der Waals surface area contributed by atoms with Crippen molar-refractivity contribution in [2.45, 2.75) is 52.1 Å². The first-order valence-electron chi connectivity index (χ1n) is 5.28. The zero-order valence-electron chi connectivity index (χ0n) is 9.00. The summed E-state index contributed by atoms with van der Waals surface area (Å²) < 4.78 is 0. The Hall–Kier alpha value is -0.530. The maximum absolute atomic E-state index is 11.7. The number of hydrogen-bond donors (Lipinski definition) is 0. The summed E-state index contributed by atoms with van der Waals surface area (Å²) in [6, 6.07) is 0.524. The molecule has 0 aromatic heterocycles. The van der Waals surface area contributed by atoms with Crippen LogP contribution in [0.15, 0.2) is 0 Å². The van der Waals surface area contributed by atoms with Crippen LogP contribution in [0.1, 0.15) is 40.5 Å². The van der Waals surface area contributed by atoms with Crippen molar-refractivity contribution in [3.8, 4) is 0 Å². The van der Waals surface area contributed by atoms with Crippen LogP contribution in [-0.2, 0) is 4.79 Å². The number of nitrogens with zero attached hydrogens (tertiary/aromatic N) is 1. The molecular weight excluding hydrogens is 162 g/mol. The Balaban J connectivity index is 2.24. The highest BCUT2D eigenvalue weighted by Gasteiger charge is 2.54. The molecule has 2 fully saturated rings. The SMILES string of the molecule is CC1CCC(C)(C)N2C(=O)C(C)C12. The maximum atomic E-state index is 11.7. The Morgan fingerprint density at radius 3 is 2.54 bits per heavy atom. The average Bonchev–Trinajstić information content (AvgIpc) is 2.07. The van der Waals surface area contributed by atoms with Gasteiger partial charge in [-0.15, -0.1) is 0 Å². The van der Waals surface area contributed by atoms with Crippen molar-refractivity contribution in [2.24, 2.45) is 11.8 Å². The van der Waals surface area contributed by atoms with Gasteiger partial charge in [-0.1, -0.05) is 13.8 Å². The zero-order valence-corrected chi connectivity index (χ0v) is 9.00. The Bertz CT molecular complexity index is 246. The van der Waals surface area contributed by atoms with E-state index in [1.54, 1.807) is 0 Å². The summed E-state index contributed by atoms with van der Waals surface area (Å²) in [5.74, 6) is 1.33. The highest BCUT2D eigenvalue weighted by atomic mass is 16.2. The van der Waals surface area contributed by atoms with Crippen LogP contribution in [-0.4, -0.2) is 22.4 Å². The number of hydrogen-bond acceptors (Lipinski definition) is 1. The second-order valence-corrected chi connectivity index (χ2v) is 5.32. The van der Waals surface area contributed by atoms with Crippen LogP contribution < -0.4 is 0 Å². The van der Waals surface area contributed by atoms with Gasteiger partial charge in [-0.25, -0.2) is 0 Å². The van der Waals surface area contributed by atoms with Gasteiger partial charge in [0.15, 0.2) is 0 Å². The number of amides is 1. The molecule has 1 amide bonds. The fraction of sp³-hybridized carbons (Fsp3) is 0.909.